The number of sulfone groups is 1. The summed E-state index contributed by atoms with van der Waals surface area (Å²) in [6.45, 7) is 0. The van der Waals surface area contributed by atoms with E-state index in [4.69, 9.17) is 0 Å². The van der Waals surface area contributed by atoms with Gasteiger partial charge in [0, 0.05) is 12.2 Å². The zero-order valence-electron chi connectivity index (χ0n) is 13.1. The molecule has 1 aromatic heterocycles. The molecule has 24 heavy (non-hydrogen) atoms. The number of carbonyl (C=O) groups excluding carboxylic acids is 1. The van der Waals surface area contributed by atoms with Crippen LogP contribution in [0.15, 0.2) is 54.7 Å². The Labute approximate surface area is 141 Å². The molecule has 2 aromatic rings. The van der Waals surface area contributed by atoms with Crippen molar-refractivity contribution in [3.05, 3.63) is 66.0 Å². The number of rotatable bonds is 4. The van der Waals surface area contributed by atoms with E-state index in [0.717, 1.165) is 11.3 Å². The molecule has 6 nitrogen and oxygen atoms in total. The largest absolute Gasteiger partial charge is 0.334 e. The number of pyridine rings is 1. The van der Waals surface area contributed by atoms with Crippen LogP contribution in [-0.2, 0) is 9.84 Å². The maximum absolute atomic E-state index is 12.3. The number of nitrogens with one attached hydrogen (secondary N) is 2. The zero-order chi connectivity index (χ0) is 17.0. The van der Waals surface area contributed by atoms with Crippen LogP contribution in [0.3, 0.4) is 0 Å². The lowest BCUT2D eigenvalue weighted by molar-refractivity contribution is 0.235. The smallest absolute Gasteiger partial charge is 0.315 e. The average molecular weight is 345 g/mol. The topological polar surface area (TPSA) is 88.2 Å². The molecular formula is C17H19N3O3S. The number of hydrogen-bond donors (Lipinski definition) is 2. The fraction of sp³-hybridized carbons (Fsp3) is 0.294. The SMILES string of the molecule is O=C(N[C@H]1CCS(=O)(=O)C1)N[C@@H](c1ccccc1)c1ccccn1. The summed E-state index contributed by atoms with van der Waals surface area (Å²) in [5.74, 6) is 0.125. The molecule has 1 fully saturated rings. The standard InChI is InChI=1S/C17H19N3O3S/c21-17(19-14-9-11-24(22,23)12-14)20-16(13-6-2-1-3-7-13)15-8-4-5-10-18-15/h1-8,10,14,16H,9,11-12H2,(H2,19,20,21)/t14-,16-/m0/s1. The first-order valence-electron chi connectivity index (χ1n) is 7.77. The van der Waals surface area contributed by atoms with Crippen molar-refractivity contribution in [3.63, 3.8) is 0 Å². The Kier molecular flexibility index (Phi) is 4.80. The van der Waals surface area contributed by atoms with E-state index in [0.29, 0.717) is 6.42 Å². The Hall–Kier alpha value is -2.41. The van der Waals surface area contributed by atoms with Gasteiger partial charge in [-0.2, -0.15) is 0 Å². The predicted octanol–water partition coefficient (Wildman–Crippen LogP) is 1.66. The lowest BCUT2D eigenvalue weighted by Gasteiger charge is -2.20. The summed E-state index contributed by atoms with van der Waals surface area (Å²) in [6, 6.07) is 13.9. The molecule has 0 unspecified atom stereocenters. The molecule has 1 aliphatic heterocycles. The van der Waals surface area contributed by atoms with Crippen LogP contribution in [0.25, 0.3) is 0 Å². The quantitative estimate of drug-likeness (QED) is 0.882. The van der Waals surface area contributed by atoms with Gasteiger partial charge in [0.25, 0.3) is 0 Å². The normalized spacial score (nSPS) is 20.2. The first kappa shape index (κ1) is 16.4. The van der Waals surface area contributed by atoms with Crippen molar-refractivity contribution in [1.29, 1.82) is 0 Å². The van der Waals surface area contributed by atoms with E-state index in [2.05, 4.69) is 15.6 Å². The molecule has 0 bridgehead atoms. The van der Waals surface area contributed by atoms with E-state index in [1.165, 1.54) is 0 Å². The molecule has 1 aliphatic rings. The fourth-order valence-corrected chi connectivity index (χ4v) is 4.46. The van der Waals surface area contributed by atoms with Crippen molar-refractivity contribution < 1.29 is 13.2 Å². The molecule has 0 aliphatic carbocycles. The van der Waals surface area contributed by atoms with Gasteiger partial charge < -0.3 is 10.6 Å². The summed E-state index contributed by atoms with van der Waals surface area (Å²) >= 11 is 0. The van der Waals surface area contributed by atoms with E-state index in [1.807, 2.05) is 48.5 Å². The lowest BCUT2D eigenvalue weighted by atomic mass is 10.0. The van der Waals surface area contributed by atoms with E-state index in [9.17, 15) is 13.2 Å². The third-order valence-corrected chi connectivity index (χ3v) is 5.73. The van der Waals surface area contributed by atoms with Gasteiger partial charge in [-0.15, -0.1) is 0 Å². The van der Waals surface area contributed by atoms with Crippen molar-refractivity contribution in [2.75, 3.05) is 11.5 Å². The second-order valence-corrected chi connectivity index (χ2v) is 8.04. The zero-order valence-corrected chi connectivity index (χ0v) is 13.9. The highest BCUT2D eigenvalue weighted by Crippen LogP contribution is 2.20. The molecule has 0 spiro atoms. The van der Waals surface area contributed by atoms with Crippen LogP contribution in [0.2, 0.25) is 0 Å². The number of urea groups is 1. The van der Waals surface area contributed by atoms with Gasteiger partial charge in [0.15, 0.2) is 9.84 Å². The molecule has 0 radical (unpaired) electrons. The van der Waals surface area contributed by atoms with Crippen molar-refractivity contribution in [3.8, 4) is 0 Å². The Bertz CT molecular complexity index is 755. The second kappa shape index (κ2) is 7.00. The summed E-state index contributed by atoms with van der Waals surface area (Å²) in [5, 5.41) is 5.64. The summed E-state index contributed by atoms with van der Waals surface area (Å²) < 4.78 is 23.0. The first-order valence-corrected chi connectivity index (χ1v) is 9.59. The van der Waals surface area contributed by atoms with Crippen molar-refractivity contribution in [1.82, 2.24) is 15.6 Å². The van der Waals surface area contributed by atoms with Crippen molar-refractivity contribution in [2.24, 2.45) is 0 Å². The van der Waals surface area contributed by atoms with Gasteiger partial charge in [-0.05, 0) is 24.1 Å². The van der Waals surface area contributed by atoms with Crippen LogP contribution in [0.5, 0.6) is 0 Å². The summed E-state index contributed by atoms with van der Waals surface area (Å²) in [4.78, 5) is 16.6. The minimum Gasteiger partial charge on any atom is -0.334 e. The summed E-state index contributed by atoms with van der Waals surface area (Å²) in [7, 11) is -3.03. The van der Waals surface area contributed by atoms with Crippen LogP contribution in [0, 0.1) is 0 Å². The third kappa shape index (κ3) is 4.11. The van der Waals surface area contributed by atoms with Gasteiger partial charge >= 0.3 is 6.03 Å². The molecule has 0 saturated carbocycles. The average Bonchev–Trinajstić information content (AvgIpc) is 2.93. The Morgan fingerprint density at radius 3 is 2.50 bits per heavy atom. The Morgan fingerprint density at radius 2 is 1.88 bits per heavy atom. The third-order valence-electron chi connectivity index (χ3n) is 3.96. The van der Waals surface area contributed by atoms with Gasteiger partial charge in [0.05, 0.1) is 23.2 Å². The van der Waals surface area contributed by atoms with Gasteiger partial charge in [0.1, 0.15) is 0 Å². The van der Waals surface area contributed by atoms with Crippen molar-refractivity contribution in [2.45, 2.75) is 18.5 Å². The van der Waals surface area contributed by atoms with Gasteiger partial charge in [-0.1, -0.05) is 36.4 Å². The molecule has 2 heterocycles. The monoisotopic (exact) mass is 345 g/mol. The number of aromatic nitrogens is 1. The maximum atomic E-state index is 12.3. The van der Waals surface area contributed by atoms with Crippen LogP contribution < -0.4 is 10.6 Å². The van der Waals surface area contributed by atoms with Crippen LogP contribution in [0.4, 0.5) is 4.79 Å². The van der Waals surface area contributed by atoms with Crippen LogP contribution in [0.1, 0.15) is 23.7 Å². The number of nitrogens with zero attached hydrogens (tertiary/aromatic N) is 1. The summed E-state index contributed by atoms with van der Waals surface area (Å²) in [6.07, 6.45) is 2.13. The summed E-state index contributed by atoms with van der Waals surface area (Å²) in [5.41, 5.74) is 1.63. The number of amides is 2. The molecule has 2 N–H and O–H groups in total. The lowest BCUT2D eigenvalue weighted by Crippen LogP contribution is -2.44. The maximum Gasteiger partial charge on any atom is 0.315 e. The van der Waals surface area contributed by atoms with E-state index < -0.39 is 21.9 Å². The molecular weight excluding hydrogens is 326 g/mol. The van der Waals surface area contributed by atoms with E-state index >= 15 is 0 Å². The minimum atomic E-state index is -3.03. The molecule has 126 valence electrons. The van der Waals surface area contributed by atoms with Gasteiger partial charge in [-0.3, -0.25) is 4.98 Å². The molecule has 1 saturated heterocycles. The van der Waals surface area contributed by atoms with Gasteiger partial charge in [-0.25, -0.2) is 13.2 Å². The Balaban J connectivity index is 1.74. The van der Waals surface area contributed by atoms with Crippen molar-refractivity contribution >= 4 is 15.9 Å². The van der Waals surface area contributed by atoms with Crippen LogP contribution >= 0.6 is 0 Å². The molecule has 2 atom stereocenters. The molecule has 2 amide bonds. The van der Waals surface area contributed by atoms with Crippen LogP contribution in [-0.4, -0.2) is 37.0 Å². The Morgan fingerprint density at radius 1 is 1.12 bits per heavy atom. The molecule has 1 aromatic carbocycles. The van der Waals surface area contributed by atoms with E-state index in [1.54, 1.807) is 6.20 Å². The predicted molar refractivity (Wildman–Crippen MR) is 91.2 cm³/mol. The number of benzene rings is 1. The molecule has 7 heteroatoms. The second-order valence-electron chi connectivity index (χ2n) is 5.82. The number of carbonyl (C=O) groups is 1. The van der Waals surface area contributed by atoms with E-state index in [-0.39, 0.29) is 17.5 Å². The number of hydrogen-bond acceptors (Lipinski definition) is 4. The molecule has 3 rings (SSSR count). The minimum absolute atomic E-state index is 0.0000106. The highest BCUT2D eigenvalue weighted by atomic mass is 32.2. The van der Waals surface area contributed by atoms with Gasteiger partial charge in [0.2, 0.25) is 0 Å². The highest BCUT2D eigenvalue weighted by Gasteiger charge is 2.29. The highest BCUT2D eigenvalue weighted by molar-refractivity contribution is 7.91. The fourth-order valence-electron chi connectivity index (χ4n) is 2.79. The first-order chi connectivity index (χ1) is 11.5.